The molecular formula is C35H31N3O8S2. The van der Waals surface area contributed by atoms with E-state index in [2.05, 4.69) is 34.5 Å². The van der Waals surface area contributed by atoms with Crippen LogP contribution in [0, 0.1) is 0 Å². The number of carbonyl (C=O) groups excluding carboxylic acids is 2. The summed E-state index contributed by atoms with van der Waals surface area (Å²) >= 11 is 2.65. The molecule has 5 aromatic rings. The van der Waals surface area contributed by atoms with Crippen LogP contribution in [0.4, 0.5) is 5.13 Å². The van der Waals surface area contributed by atoms with Crippen molar-refractivity contribution in [2.45, 2.75) is 16.1 Å². The second-order valence-corrected chi connectivity index (χ2v) is 12.7. The molecule has 0 aliphatic carbocycles. The van der Waals surface area contributed by atoms with E-state index in [0.29, 0.717) is 44.4 Å². The molecular weight excluding hydrogens is 655 g/mol. The summed E-state index contributed by atoms with van der Waals surface area (Å²) in [5.74, 6) is 0.104. The Morgan fingerprint density at radius 1 is 0.812 bits per heavy atom. The van der Waals surface area contributed by atoms with Crippen molar-refractivity contribution in [3.05, 3.63) is 95.1 Å². The van der Waals surface area contributed by atoms with Crippen LogP contribution in [-0.4, -0.2) is 62.5 Å². The van der Waals surface area contributed by atoms with Crippen LogP contribution >= 0.6 is 23.1 Å². The second kappa shape index (κ2) is 13.8. The predicted molar refractivity (Wildman–Crippen MR) is 184 cm³/mol. The number of aromatic nitrogens is 2. The third kappa shape index (κ3) is 5.86. The molecule has 0 bridgehead atoms. The smallest absolute Gasteiger partial charge is 0.301 e. The molecule has 48 heavy (non-hydrogen) atoms. The molecule has 6 rings (SSSR count). The van der Waals surface area contributed by atoms with Crippen molar-refractivity contribution in [2.75, 3.05) is 40.4 Å². The Balaban J connectivity index is 1.45. The molecule has 4 aromatic carbocycles. The van der Waals surface area contributed by atoms with Gasteiger partial charge < -0.3 is 28.8 Å². The lowest BCUT2D eigenvalue weighted by Crippen LogP contribution is -2.29. The van der Waals surface area contributed by atoms with Gasteiger partial charge in [-0.1, -0.05) is 65.6 Å². The minimum atomic E-state index is -1.13. The van der Waals surface area contributed by atoms with Gasteiger partial charge in [0.2, 0.25) is 10.9 Å². The fraction of sp³-hybridized carbons (Fsp3) is 0.200. The van der Waals surface area contributed by atoms with Gasteiger partial charge in [0.25, 0.3) is 5.78 Å². The van der Waals surface area contributed by atoms with Crippen molar-refractivity contribution in [1.82, 2.24) is 10.2 Å². The van der Waals surface area contributed by atoms with Gasteiger partial charge in [0, 0.05) is 11.3 Å². The van der Waals surface area contributed by atoms with Gasteiger partial charge >= 0.3 is 5.91 Å². The third-order valence-electron chi connectivity index (χ3n) is 7.94. The number of carbonyl (C=O) groups is 2. The molecule has 1 fully saturated rings. The molecule has 1 aliphatic rings. The first kappa shape index (κ1) is 32.7. The number of anilines is 1. The van der Waals surface area contributed by atoms with Gasteiger partial charge in [-0.05, 0) is 52.2 Å². The van der Waals surface area contributed by atoms with E-state index in [-0.39, 0.29) is 16.3 Å². The molecule has 1 atom stereocenters. The van der Waals surface area contributed by atoms with Gasteiger partial charge in [-0.25, -0.2) is 0 Å². The van der Waals surface area contributed by atoms with Crippen LogP contribution in [0.2, 0.25) is 0 Å². The zero-order valence-electron chi connectivity index (χ0n) is 26.7. The summed E-state index contributed by atoms with van der Waals surface area (Å²) < 4.78 is 28.0. The van der Waals surface area contributed by atoms with Gasteiger partial charge in [-0.2, -0.15) is 0 Å². The molecule has 1 aromatic heterocycles. The Labute approximate surface area is 284 Å². The van der Waals surface area contributed by atoms with E-state index < -0.39 is 23.5 Å². The lowest BCUT2D eigenvalue weighted by molar-refractivity contribution is -0.132. The lowest BCUT2D eigenvalue weighted by Gasteiger charge is -2.24. The monoisotopic (exact) mass is 685 g/mol. The number of Topliss-reactive ketones (excluding diaryl/α,β-unsaturated/α-hetero) is 1. The van der Waals surface area contributed by atoms with E-state index in [4.69, 9.17) is 23.7 Å². The Hall–Kier alpha value is -5.27. The van der Waals surface area contributed by atoms with E-state index in [9.17, 15) is 14.7 Å². The molecule has 0 unspecified atom stereocenters. The van der Waals surface area contributed by atoms with E-state index in [1.807, 2.05) is 18.2 Å². The maximum atomic E-state index is 13.9. The summed E-state index contributed by atoms with van der Waals surface area (Å²) in [5, 5.41) is 22.9. The first-order valence-corrected chi connectivity index (χ1v) is 16.4. The number of thioether (sulfide) groups is 1. The fourth-order valence-corrected chi connectivity index (χ4v) is 7.53. The zero-order valence-corrected chi connectivity index (χ0v) is 28.3. The van der Waals surface area contributed by atoms with E-state index in [1.54, 1.807) is 24.3 Å². The number of aliphatic hydroxyl groups is 1. The first-order chi connectivity index (χ1) is 23.3. The van der Waals surface area contributed by atoms with Crippen LogP contribution in [0.25, 0.3) is 16.5 Å². The number of ketones is 1. The van der Waals surface area contributed by atoms with Crippen LogP contribution in [0.5, 0.6) is 28.7 Å². The Bertz CT molecular complexity index is 2030. The molecule has 0 spiro atoms. The molecule has 1 amide bonds. The minimum Gasteiger partial charge on any atom is -0.507 e. The molecule has 0 saturated carbocycles. The Morgan fingerprint density at radius 3 is 2.19 bits per heavy atom. The quantitative estimate of drug-likeness (QED) is 0.0527. The van der Waals surface area contributed by atoms with E-state index >= 15 is 0 Å². The van der Waals surface area contributed by atoms with Gasteiger partial charge in [0.1, 0.15) is 5.76 Å². The normalized spacial score (nSPS) is 15.5. The van der Waals surface area contributed by atoms with E-state index in [0.717, 1.165) is 16.3 Å². The maximum Gasteiger partial charge on any atom is 0.301 e. The standard InChI is InChI=1S/C35H31N3O8S2/c1-42-24-14-13-20(15-25(24)43-2)30(39)28-29(22-16-26(44-3)32(46-5)27(17-22)45-4)38(33(41)31(28)40)34-36-37-35(48-34)47-18-21-11-8-10-19-9-6-7-12-23(19)21/h6-17,29,39H,18H2,1-5H3/t29-/m1/s1. The summed E-state index contributed by atoms with van der Waals surface area (Å²) in [4.78, 5) is 28.9. The number of fused-ring (bicyclic) bond motifs is 1. The van der Waals surface area contributed by atoms with Crippen molar-refractivity contribution in [3.8, 4) is 28.7 Å². The highest BCUT2D eigenvalue weighted by Crippen LogP contribution is 2.48. The number of hydrogen-bond acceptors (Lipinski definition) is 12. The second-order valence-electron chi connectivity index (χ2n) is 10.5. The summed E-state index contributed by atoms with van der Waals surface area (Å²) in [7, 11) is 7.35. The van der Waals surface area contributed by atoms with Crippen molar-refractivity contribution in [3.63, 3.8) is 0 Å². The molecule has 0 radical (unpaired) electrons. The molecule has 1 N–H and O–H groups in total. The molecule has 1 saturated heterocycles. The average Bonchev–Trinajstić information content (AvgIpc) is 3.70. The molecule has 2 heterocycles. The van der Waals surface area contributed by atoms with Crippen LogP contribution in [0.1, 0.15) is 22.7 Å². The largest absolute Gasteiger partial charge is 0.507 e. The highest BCUT2D eigenvalue weighted by Gasteiger charge is 2.49. The average molecular weight is 686 g/mol. The maximum absolute atomic E-state index is 13.9. The minimum absolute atomic E-state index is 0.165. The molecule has 13 heteroatoms. The van der Waals surface area contributed by atoms with Gasteiger partial charge in [0.05, 0.1) is 47.2 Å². The highest BCUT2D eigenvalue weighted by atomic mass is 32.2. The Kier molecular flexibility index (Phi) is 9.42. The number of amides is 1. The summed E-state index contributed by atoms with van der Waals surface area (Å²) in [6.45, 7) is 0. The summed E-state index contributed by atoms with van der Waals surface area (Å²) in [6.07, 6.45) is 0. The lowest BCUT2D eigenvalue weighted by atomic mass is 9.94. The van der Waals surface area contributed by atoms with Crippen LogP contribution in [-0.2, 0) is 15.3 Å². The number of nitrogens with zero attached hydrogens (tertiary/aromatic N) is 3. The van der Waals surface area contributed by atoms with Gasteiger partial charge in [-0.3, -0.25) is 14.5 Å². The van der Waals surface area contributed by atoms with Crippen molar-refractivity contribution in [2.24, 2.45) is 0 Å². The third-order valence-corrected chi connectivity index (χ3v) is 10.0. The number of methoxy groups -OCH3 is 5. The number of aliphatic hydroxyl groups excluding tert-OH is 1. The Morgan fingerprint density at radius 2 is 1.50 bits per heavy atom. The highest BCUT2D eigenvalue weighted by molar-refractivity contribution is 8.00. The van der Waals surface area contributed by atoms with Crippen molar-refractivity contribution >= 4 is 56.5 Å². The SMILES string of the molecule is COc1ccc(C(O)=C2C(=O)C(=O)N(c3nnc(SCc4cccc5ccccc45)s3)[C@@H]2c2cc(OC)c(OC)c(OC)c2)cc1OC. The van der Waals surface area contributed by atoms with Gasteiger partial charge in [-0.15, -0.1) is 10.2 Å². The zero-order chi connectivity index (χ0) is 33.9. The molecule has 11 nitrogen and oxygen atoms in total. The van der Waals surface area contributed by atoms with Gasteiger partial charge in [0.15, 0.2) is 27.3 Å². The van der Waals surface area contributed by atoms with Crippen LogP contribution in [0.3, 0.4) is 0 Å². The summed E-state index contributed by atoms with van der Waals surface area (Å²) in [6, 6.07) is 21.1. The molecule has 1 aliphatic heterocycles. The predicted octanol–water partition coefficient (Wildman–Crippen LogP) is 6.65. The number of hydrogen-bond donors (Lipinski definition) is 1. The number of benzene rings is 4. The topological polar surface area (TPSA) is 130 Å². The fourth-order valence-electron chi connectivity index (χ4n) is 5.66. The van der Waals surface area contributed by atoms with Crippen molar-refractivity contribution in [1.29, 1.82) is 0 Å². The van der Waals surface area contributed by atoms with Crippen LogP contribution in [0.15, 0.2) is 82.7 Å². The number of rotatable bonds is 11. The van der Waals surface area contributed by atoms with Crippen LogP contribution < -0.4 is 28.6 Å². The molecule has 246 valence electrons. The van der Waals surface area contributed by atoms with Crippen molar-refractivity contribution < 1.29 is 38.4 Å². The van der Waals surface area contributed by atoms with E-state index in [1.165, 1.54) is 69.6 Å². The first-order valence-electron chi connectivity index (χ1n) is 14.6. The number of ether oxygens (including phenoxy) is 5. The summed E-state index contributed by atoms with van der Waals surface area (Å²) in [5.41, 5.74) is 1.61.